The quantitative estimate of drug-likeness (QED) is 0.803. The number of morpholine rings is 1. The maximum atomic E-state index is 5.88. The van der Waals surface area contributed by atoms with Crippen molar-refractivity contribution in [2.75, 3.05) is 26.2 Å². The van der Waals surface area contributed by atoms with Crippen molar-refractivity contribution in [3.05, 3.63) is 18.0 Å². The van der Waals surface area contributed by atoms with Gasteiger partial charge in [0.15, 0.2) is 0 Å². The number of rotatable bonds is 4. The Labute approximate surface area is 103 Å². The molecule has 2 unspecified atom stereocenters. The Morgan fingerprint density at radius 1 is 1.65 bits per heavy atom. The number of hydrogen-bond acceptors (Lipinski definition) is 4. The van der Waals surface area contributed by atoms with Crippen LogP contribution in [0.5, 0.6) is 0 Å². The van der Waals surface area contributed by atoms with Crippen LogP contribution in [-0.2, 0) is 18.2 Å². The standard InChI is InChI=1S/C12H22N4O/c1-10(13)12-9-16(7-8-17-12)6-4-11-3-5-14-15(11)2/h3,5,10,12H,4,6-9,13H2,1-2H3. The zero-order valence-corrected chi connectivity index (χ0v) is 10.7. The maximum absolute atomic E-state index is 5.88. The van der Waals surface area contributed by atoms with E-state index in [2.05, 4.69) is 16.1 Å². The minimum Gasteiger partial charge on any atom is -0.374 e. The molecule has 0 bridgehead atoms. The van der Waals surface area contributed by atoms with E-state index in [0.29, 0.717) is 0 Å². The largest absolute Gasteiger partial charge is 0.374 e. The SMILES string of the molecule is CC(N)C1CN(CCc2ccnn2C)CCO1. The molecule has 1 aliphatic rings. The van der Waals surface area contributed by atoms with Crippen LogP contribution in [0.3, 0.4) is 0 Å². The third kappa shape index (κ3) is 3.28. The first kappa shape index (κ1) is 12.5. The second kappa shape index (κ2) is 5.62. The van der Waals surface area contributed by atoms with Gasteiger partial charge in [0.25, 0.3) is 0 Å². The van der Waals surface area contributed by atoms with E-state index in [1.165, 1.54) is 5.69 Å². The number of aryl methyl sites for hydroxylation is 1. The fourth-order valence-electron chi connectivity index (χ4n) is 2.17. The van der Waals surface area contributed by atoms with Crippen molar-refractivity contribution in [2.45, 2.75) is 25.5 Å². The van der Waals surface area contributed by atoms with Crippen LogP contribution >= 0.6 is 0 Å². The molecule has 0 aliphatic carbocycles. The van der Waals surface area contributed by atoms with Gasteiger partial charge in [0.1, 0.15) is 0 Å². The Morgan fingerprint density at radius 3 is 3.12 bits per heavy atom. The molecule has 0 radical (unpaired) electrons. The van der Waals surface area contributed by atoms with Gasteiger partial charge in [-0.05, 0) is 13.0 Å². The van der Waals surface area contributed by atoms with Gasteiger partial charge in [-0.3, -0.25) is 9.58 Å². The highest BCUT2D eigenvalue weighted by Gasteiger charge is 2.23. The summed E-state index contributed by atoms with van der Waals surface area (Å²) in [6.07, 6.45) is 3.05. The molecule has 0 spiro atoms. The van der Waals surface area contributed by atoms with Crippen LogP contribution in [0.1, 0.15) is 12.6 Å². The lowest BCUT2D eigenvalue weighted by Crippen LogP contribution is -2.49. The van der Waals surface area contributed by atoms with Crippen molar-refractivity contribution in [2.24, 2.45) is 12.8 Å². The summed E-state index contributed by atoms with van der Waals surface area (Å²) in [5.74, 6) is 0. The minimum absolute atomic E-state index is 0.106. The van der Waals surface area contributed by atoms with E-state index in [1.54, 1.807) is 0 Å². The van der Waals surface area contributed by atoms with Crippen molar-refractivity contribution in [3.8, 4) is 0 Å². The van der Waals surface area contributed by atoms with E-state index < -0.39 is 0 Å². The highest BCUT2D eigenvalue weighted by Crippen LogP contribution is 2.09. The average Bonchev–Trinajstić information content (AvgIpc) is 2.72. The van der Waals surface area contributed by atoms with Crippen LogP contribution in [0.25, 0.3) is 0 Å². The monoisotopic (exact) mass is 238 g/mol. The highest BCUT2D eigenvalue weighted by molar-refractivity contribution is 5.00. The van der Waals surface area contributed by atoms with Crippen LogP contribution in [0.4, 0.5) is 0 Å². The first-order valence-electron chi connectivity index (χ1n) is 6.23. The first-order chi connectivity index (χ1) is 8.16. The van der Waals surface area contributed by atoms with Crippen LogP contribution in [0, 0.1) is 0 Å². The summed E-state index contributed by atoms with van der Waals surface area (Å²) < 4.78 is 7.58. The van der Waals surface area contributed by atoms with Crippen molar-refractivity contribution in [3.63, 3.8) is 0 Å². The predicted molar refractivity (Wildman–Crippen MR) is 66.7 cm³/mol. The summed E-state index contributed by atoms with van der Waals surface area (Å²) in [6, 6.07) is 2.18. The number of hydrogen-bond donors (Lipinski definition) is 1. The Morgan fingerprint density at radius 2 is 2.47 bits per heavy atom. The molecule has 5 nitrogen and oxygen atoms in total. The van der Waals surface area contributed by atoms with E-state index >= 15 is 0 Å². The molecule has 1 aromatic heterocycles. The molecule has 1 aromatic rings. The van der Waals surface area contributed by atoms with Crippen molar-refractivity contribution in [1.82, 2.24) is 14.7 Å². The van der Waals surface area contributed by atoms with Crippen molar-refractivity contribution >= 4 is 0 Å². The average molecular weight is 238 g/mol. The number of ether oxygens (including phenoxy) is 1. The van der Waals surface area contributed by atoms with E-state index in [4.69, 9.17) is 10.5 Å². The molecular weight excluding hydrogens is 216 g/mol. The Hall–Kier alpha value is -0.910. The van der Waals surface area contributed by atoms with Crippen LogP contribution < -0.4 is 5.73 Å². The van der Waals surface area contributed by atoms with Crippen molar-refractivity contribution in [1.29, 1.82) is 0 Å². The zero-order chi connectivity index (χ0) is 12.3. The molecule has 2 heterocycles. The molecule has 0 amide bonds. The molecule has 2 atom stereocenters. The van der Waals surface area contributed by atoms with E-state index in [0.717, 1.165) is 32.7 Å². The summed E-state index contributed by atoms with van der Waals surface area (Å²) in [6.45, 7) is 5.79. The minimum atomic E-state index is 0.106. The van der Waals surface area contributed by atoms with Crippen LogP contribution in [0.2, 0.25) is 0 Å². The molecule has 5 heteroatoms. The molecular formula is C12H22N4O. The van der Waals surface area contributed by atoms with Gasteiger partial charge in [-0.1, -0.05) is 0 Å². The molecule has 1 fully saturated rings. The second-order valence-electron chi connectivity index (χ2n) is 4.77. The molecule has 2 rings (SSSR count). The van der Waals surface area contributed by atoms with Gasteiger partial charge in [0, 0.05) is 51.0 Å². The lowest BCUT2D eigenvalue weighted by atomic mass is 10.1. The maximum Gasteiger partial charge on any atom is 0.0850 e. The summed E-state index contributed by atoms with van der Waals surface area (Å²) in [4.78, 5) is 2.42. The van der Waals surface area contributed by atoms with Crippen LogP contribution in [-0.4, -0.2) is 53.1 Å². The lowest BCUT2D eigenvalue weighted by Gasteiger charge is -2.34. The van der Waals surface area contributed by atoms with E-state index in [9.17, 15) is 0 Å². The number of aromatic nitrogens is 2. The van der Waals surface area contributed by atoms with Crippen molar-refractivity contribution < 1.29 is 4.74 Å². The molecule has 1 saturated heterocycles. The Bertz CT molecular complexity index is 350. The van der Waals surface area contributed by atoms with Gasteiger partial charge in [-0.25, -0.2) is 0 Å². The third-order valence-electron chi connectivity index (χ3n) is 3.37. The van der Waals surface area contributed by atoms with Gasteiger partial charge in [-0.2, -0.15) is 5.10 Å². The highest BCUT2D eigenvalue weighted by atomic mass is 16.5. The molecule has 2 N–H and O–H groups in total. The summed E-state index contributed by atoms with van der Waals surface area (Å²) >= 11 is 0. The molecule has 1 aliphatic heterocycles. The normalized spacial score (nSPS) is 23.8. The topological polar surface area (TPSA) is 56.3 Å². The summed E-state index contributed by atoms with van der Waals surface area (Å²) in [7, 11) is 1.99. The van der Waals surface area contributed by atoms with Gasteiger partial charge in [0.2, 0.25) is 0 Å². The first-order valence-corrected chi connectivity index (χ1v) is 6.23. The molecule has 17 heavy (non-hydrogen) atoms. The van der Waals surface area contributed by atoms with Gasteiger partial charge in [-0.15, -0.1) is 0 Å². The fourth-order valence-corrected chi connectivity index (χ4v) is 2.17. The van der Waals surface area contributed by atoms with Gasteiger partial charge < -0.3 is 10.5 Å². The van der Waals surface area contributed by atoms with Gasteiger partial charge in [0.05, 0.1) is 12.7 Å². The number of nitrogens with two attached hydrogens (primary N) is 1. The van der Waals surface area contributed by atoms with Crippen LogP contribution in [0.15, 0.2) is 12.3 Å². The third-order valence-corrected chi connectivity index (χ3v) is 3.37. The predicted octanol–water partition coefficient (Wildman–Crippen LogP) is 0.0106. The Kier molecular flexibility index (Phi) is 4.15. The number of nitrogens with zero attached hydrogens (tertiary/aromatic N) is 3. The Balaban J connectivity index is 1.81. The molecule has 96 valence electrons. The fraction of sp³-hybridized carbons (Fsp3) is 0.750. The smallest absolute Gasteiger partial charge is 0.0850 e. The van der Waals surface area contributed by atoms with E-state index in [1.807, 2.05) is 24.9 Å². The molecule has 0 saturated carbocycles. The zero-order valence-electron chi connectivity index (χ0n) is 10.7. The summed E-state index contributed by atoms with van der Waals surface area (Å²) in [5, 5.41) is 4.18. The second-order valence-corrected chi connectivity index (χ2v) is 4.77. The summed E-state index contributed by atoms with van der Waals surface area (Å²) in [5.41, 5.74) is 7.15. The van der Waals surface area contributed by atoms with E-state index in [-0.39, 0.29) is 12.1 Å². The molecule has 0 aromatic carbocycles. The van der Waals surface area contributed by atoms with Gasteiger partial charge >= 0.3 is 0 Å². The lowest BCUT2D eigenvalue weighted by molar-refractivity contribution is -0.0372.